The molecular formula is C40H24N4. The van der Waals surface area contributed by atoms with Crippen LogP contribution >= 0.6 is 0 Å². The van der Waals surface area contributed by atoms with Gasteiger partial charge in [-0.15, -0.1) is 0 Å². The van der Waals surface area contributed by atoms with Crippen LogP contribution in [0.1, 0.15) is 0 Å². The Bertz CT molecular complexity index is 2730. The summed E-state index contributed by atoms with van der Waals surface area (Å²) in [7, 11) is 0. The van der Waals surface area contributed by atoms with E-state index in [0.29, 0.717) is 5.95 Å². The standard InChI is InChI=1S/C40H24N4/c1-2-12-25(13-3-1)43-33-20-10-8-18-30(33)37-35(43)22-23-36-38(37)31-19-9-11-21-34(31)44(36)40-41-24-32-28-16-5-4-14-26(28)27-15-6-7-17-29(27)39(32)42-40/h1-24H. The Kier molecular flexibility index (Phi) is 4.69. The fourth-order valence-corrected chi connectivity index (χ4v) is 7.35. The number of fused-ring (bicyclic) bond motifs is 13. The largest absolute Gasteiger partial charge is 0.309 e. The van der Waals surface area contributed by atoms with Crippen molar-refractivity contribution in [2.45, 2.75) is 0 Å². The zero-order chi connectivity index (χ0) is 28.8. The van der Waals surface area contributed by atoms with Gasteiger partial charge in [0.2, 0.25) is 5.95 Å². The van der Waals surface area contributed by atoms with Crippen molar-refractivity contribution in [1.29, 1.82) is 0 Å². The van der Waals surface area contributed by atoms with Gasteiger partial charge in [0.25, 0.3) is 0 Å². The Morgan fingerprint density at radius 3 is 1.50 bits per heavy atom. The van der Waals surface area contributed by atoms with E-state index in [1.54, 1.807) is 0 Å². The molecule has 44 heavy (non-hydrogen) atoms. The van der Waals surface area contributed by atoms with Gasteiger partial charge in [-0.1, -0.05) is 103 Å². The van der Waals surface area contributed by atoms with Gasteiger partial charge < -0.3 is 4.57 Å². The molecule has 0 amide bonds. The molecule has 0 radical (unpaired) electrons. The Morgan fingerprint density at radius 1 is 0.364 bits per heavy atom. The minimum Gasteiger partial charge on any atom is -0.309 e. The summed E-state index contributed by atoms with van der Waals surface area (Å²) in [5.74, 6) is 0.676. The van der Waals surface area contributed by atoms with Gasteiger partial charge in [0, 0.05) is 44.2 Å². The third-order valence-corrected chi connectivity index (χ3v) is 9.15. The van der Waals surface area contributed by atoms with Gasteiger partial charge >= 0.3 is 0 Å². The number of nitrogens with zero attached hydrogens (tertiary/aromatic N) is 4. The van der Waals surface area contributed by atoms with Crippen molar-refractivity contribution in [2.75, 3.05) is 0 Å². The molecule has 4 nitrogen and oxygen atoms in total. The van der Waals surface area contributed by atoms with Crippen molar-refractivity contribution in [3.8, 4) is 11.6 Å². The second-order valence-corrected chi connectivity index (χ2v) is 11.4. The molecule has 3 aromatic heterocycles. The summed E-state index contributed by atoms with van der Waals surface area (Å²) in [5.41, 5.74) is 6.69. The predicted molar refractivity (Wildman–Crippen MR) is 183 cm³/mol. The lowest BCUT2D eigenvalue weighted by Gasteiger charge is -2.12. The molecule has 7 aromatic carbocycles. The molecule has 10 rings (SSSR count). The molecule has 0 fully saturated rings. The minimum absolute atomic E-state index is 0.676. The molecule has 204 valence electrons. The van der Waals surface area contributed by atoms with Crippen LogP contribution in [0.4, 0.5) is 0 Å². The lowest BCUT2D eigenvalue weighted by atomic mass is 9.98. The second kappa shape index (κ2) is 8.76. The quantitative estimate of drug-likeness (QED) is 0.197. The van der Waals surface area contributed by atoms with Crippen LogP contribution in [-0.2, 0) is 0 Å². The highest BCUT2D eigenvalue weighted by Gasteiger charge is 2.21. The first-order chi connectivity index (χ1) is 21.9. The van der Waals surface area contributed by atoms with Crippen molar-refractivity contribution in [3.63, 3.8) is 0 Å². The van der Waals surface area contributed by atoms with Crippen LogP contribution in [0.3, 0.4) is 0 Å². The van der Waals surface area contributed by atoms with E-state index < -0.39 is 0 Å². The molecule has 4 heteroatoms. The minimum atomic E-state index is 0.676. The first kappa shape index (κ1) is 23.6. The molecule has 0 spiro atoms. The van der Waals surface area contributed by atoms with Crippen LogP contribution in [0.25, 0.3) is 87.7 Å². The predicted octanol–water partition coefficient (Wildman–Crippen LogP) is 10.1. The average Bonchev–Trinajstić information content (AvgIpc) is 3.61. The third kappa shape index (κ3) is 3.06. The summed E-state index contributed by atoms with van der Waals surface area (Å²) >= 11 is 0. The van der Waals surface area contributed by atoms with E-state index in [4.69, 9.17) is 9.97 Å². The van der Waals surface area contributed by atoms with Crippen LogP contribution in [0.15, 0.2) is 146 Å². The van der Waals surface area contributed by atoms with Crippen LogP contribution in [0.2, 0.25) is 0 Å². The Balaban J connectivity index is 1.36. The van der Waals surface area contributed by atoms with Gasteiger partial charge in [0.05, 0.1) is 27.6 Å². The van der Waals surface area contributed by atoms with Crippen LogP contribution in [-0.4, -0.2) is 19.1 Å². The molecule has 0 aliphatic carbocycles. The SMILES string of the molecule is c1ccc(-n2c3ccccc3c3c4c5ccccc5n(-c5ncc6c7ccccc7c7ccccc7c6n5)c4ccc32)cc1. The van der Waals surface area contributed by atoms with E-state index in [-0.39, 0.29) is 0 Å². The number of para-hydroxylation sites is 3. The summed E-state index contributed by atoms with van der Waals surface area (Å²) in [6.07, 6.45) is 2.01. The zero-order valence-corrected chi connectivity index (χ0v) is 23.6. The molecule has 0 saturated carbocycles. The van der Waals surface area contributed by atoms with Crippen LogP contribution in [0, 0.1) is 0 Å². The smallest absolute Gasteiger partial charge is 0.235 e. The molecule has 0 bridgehead atoms. The fourth-order valence-electron chi connectivity index (χ4n) is 7.35. The molecule has 0 aliphatic rings. The third-order valence-electron chi connectivity index (χ3n) is 9.15. The van der Waals surface area contributed by atoms with E-state index in [2.05, 4.69) is 149 Å². The van der Waals surface area contributed by atoms with Crippen molar-refractivity contribution in [3.05, 3.63) is 146 Å². The first-order valence-electron chi connectivity index (χ1n) is 14.9. The van der Waals surface area contributed by atoms with Gasteiger partial charge in [0.1, 0.15) is 0 Å². The second-order valence-electron chi connectivity index (χ2n) is 11.4. The monoisotopic (exact) mass is 560 g/mol. The molecule has 0 unspecified atom stereocenters. The van der Waals surface area contributed by atoms with E-state index >= 15 is 0 Å². The normalized spacial score (nSPS) is 12.1. The van der Waals surface area contributed by atoms with Crippen molar-refractivity contribution >= 4 is 76.1 Å². The summed E-state index contributed by atoms with van der Waals surface area (Å²) in [4.78, 5) is 10.4. The molecule has 0 aliphatic heterocycles. The molecule has 0 N–H and O–H groups in total. The summed E-state index contributed by atoms with van der Waals surface area (Å²) in [5, 5.41) is 10.7. The lowest BCUT2D eigenvalue weighted by Crippen LogP contribution is -2.01. The maximum absolute atomic E-state index is 5.34. The van der Waals surface area contributed by atoms with Gasteiger partial charge in [-0.05, 0) is 52.6 Å². The highest BCUT2D eigenvalue weighted by atomic mass is 15.2. The zero-order valence-electron chi connectivity index (χ0n) is 23.6. The van der Waals surface area contributed by atoms with Gasteiger partial charge in [-0.2, -0.15) is 0 Å². The first-order valence-corrected chi connectivity index (χ1v) is 14.9. The van der Waals surface area contributed by atoms with E-state index in [1.165, 1.54) is 48.7 Å². The summed E-state index contributed by atoms with van der Waals surface area (Å²) in [6, 6.07) is 49.6. The highest BCUT2D eigenvalue weighted by molar-refractivity contribution is 6.29. The van der Waals surface area contributed by atoms with Crippen molar-refractivity contribution in [1.82, 2.24) is 19.1 Å². The maximum Gasteiger partial charge on any atom is 0.235 e. The van der Waals surface area contributed by atoms with Gasteiger partial charge in [0.15, 0.2) is 0 Å². The maximum atomic E-state index is 5.34. The summed E-state index contributed by atoms with van der Waals surface area (Å²) in [6.45, 7) is 0. The summed E-state index contributed by atoms with van der Waals surface area (Å²) < 4.78 is 4.61. The molecular weight excluding hydrogens is 536 g/mol. The van der Waals surface area contributed by atoms with Crippen LogP contribution in [0.5, 0.6) is 0 Å². The van der Waals surface area contributed by atoms with E-state index in [0.717, 1.165) is 33.0 Å². The van der Waals surface area contributed by atoms with Crippen molar-refractivity contribution < 1.29 is 0 Å². The average molecular weight is 561 g/mol. The number of hydrogen-bond donors (Lipinski definition) is 0. The lowest BCUT2D eigenvalue weighted by molar-refractivity contribution is 1.01. The van der Waals surface area contributed by atoms with Gasteiger partial charge in [-0.25, -0.2) is 9.97 Å². The molecule has 10 aromatic rings. The van der Waals surface area contributed by atoms with Gasteiger partial charge in [-0.3, -0.25) is 4.57 Å². The Morgan fingerprint density at radius 2 is 0.841 bits per heavy atom. The topological polar surface area (TPSA) is 35.6 Å². The van der Waals surface area contributed by atoms with Crippen LogP contribution < -0.4 is 0 Å². The molecule has 3 heterocycles. The number of aromatic nitrogens is 4. The fraction of sp³-hybridized carbons (Fsp3) is 0. The van der Waals surface area contributed by atoms with E-state index in [1.807, 2.05) is 6.20 Å². The molecule has 0 atom stereocenters. The van der Waals surface area contributed by atoms with Crippen molar-refractivity contribution in [2.24, 2.45) is 0 Å². The van der Waals surface area contributed by atoms with E-state index in [9.17, 15) is 0 Å². The number of hydrogen-bond acceptors (Lipinski definition) is 2. The number of benzene rings is 7. The Labute approximate surface area is 252 Å². The molecule has 0 saturated heterocycles. The Hall–Kier alpha value is -6.00. The highest BCUT2D eigenvalue weighted by Crippen LogP contribution is 2.42. The number of rotatable bonds is 2.